The summed E-state index contributed by atoms with van der Waals surface area (Å²) in [6, 6.07) is 0. The summed E-state index contributed by atoms with van der Waals surface area (Å²) in [6.07, 6.45) is 1.90. The Morgan fingerprint density at radius 2 is 2.00 bits per heavy atom. The molecular weight excluding hydrogens is 124 g/mol. The van der Waals surface area contributed by atoms with Crippen molar-refractivity contribution < 1.29 is 5.11 Å². The van der Waals surface area contributed by atoms with Crippen molar-refractivity contribution in [1.29, 1.82) is 0 Å². The van der Waals surface area contributed by atoms with Crippen LogP contribution in [0, 0.1) is 5.92 Å². The molecule has 0 radical (unpaired) electrons. The van der Waals surface area contributed by atoms with Crippen LogP contribution in [0.4, 0.5) is 0 Å². The summed E-state index contributed by atoms with van der Waals surface area (Å²) in [6.45, 7) is 9.86. The Labute approximate surface area is 63.8 Å². The maximum Gasteiger partial charge on any atom is 0.0574 e. The molecule has 1 N–H and O–H groups in total. The molecular formula is C9H18O. The van der Waals surface area contributed by atoms with Crippen molar-refractivity contribution in [2.24, 2.45) is 5.92 Å². The molecule has 0 amide bonds. The van der Waals surface area contributed by atoms with Crippen molar-refractivity contribution in [1.82, 2.24) is 0 Å². The second-order valence-electron chi connectivity index (χ2n) is 2.94. The Balaban J connectivity index is 3.71. The molecule has 10 heavy (non-hydrogen) atoms. The normalized spacial score (nSPS) is 16.4. The van der Waals surface area contributed by atoms with E-state index in [-0.39, 0.29) is 12.0 Å². The average molecular weight is 142 g/mol. The quantitative estimate of drug-likeness (QED) is 0.597. The third-order valence-electron chi connectivity index (χ3n) is 1.94. The maximum atomic E-state index is 9.16. The van der Waals surface area contributed by atoms with E-state index >= 15 is 0 Å². The lowest BCUT2D eigenvalue weighted by Gasteiger charge is -2.16. The van der Waals surface area contributed by atoms with Gasteiger partial charge in [-0.2, -0.15) is 0 Å². The van der Waals surface area contributed by atoms with Crippen molar-refractivity contribution in [2.45, 2.75) is 39.7 Å². The second kappa shape index (κ2) is 4.51. The molecule has 2 atom stereocenters. The molecule has 1 nitrogen and oxygen atoms in total. The maximum absolute atomic E-state index is 9.16. The molecule has 60 valence electrons. The topological polar surface area (TPSA) is 20.2 Å². The molecule has 0 rings (SSSR count). The highest BCUT2D eigenvalue weighted by Crippen LogP contribution is 2.17. The number of hydrogen-bond donors (Lipinski definition) is 1. The van der Waals surface area contributed by atoms with E-state index in [2.05, 4.69) is 13.5 Å². The Hall–Kier alpha value is -0.300. The Bertz CT molecular complexity index is 105. The first-order valence-corrected chi connectivity index (χ1v) is 3.95. The summed E-state index contributed by atoms with van der Waals surface area (Å²) in [4.78, 5) is 0. The molecule has 0 saturated carbocycles. The van der Waals surface area contributed by atoms with E-state index in [1.807, 2.05) is 13.8 Å². The molecule has 0 aliphatic rings. The van der Waals surface area contributed by atoms with Crippen LogP contribution in [0.3, 0.4) is 0 Å². The molecule has 1 heteroatoms. The molecule has 0 aromatic rings. The second-order valence-corrected chi connectivity index (χ2v) is 2.94. The molecule has 0 heterocycles. The zero-order valence-electron chi connectivity index (χ0n) is 7.22. The van der Waals surface area contributed by atoms with Crippen LogP contribution in [0.2, 0.25) is 0 Å². The zero-order chi connectivity index (χ0) is 8.15. The third kappa shape index (κ3) is 3.02. The highest BCUT2D eigenvalue weighted by Gasteiger charge is 2.10. The van der Waals surface area contributed by atoms with Crippen LogP contribution in [0.25, 0.3) is 0 Å². The summed E-state index contributed by atoms with van der Waals surface area (Å²) >= 11 is 0. The van der Waals surface area contributed by atoms with Gasteiger partial charge in [-0.1, -0.05) is 32.4 Å². The molecule has 0 bridgehead atoms. The van der Waals surface area contributed by atoms with Gasteiger partial charge in [0.2, 0.25) is 0 Å². The summed E-state index contributed by atoms with van der Waals surface area (Å²) in [5.41, 5.74) is 1.16. The van der Waals surface area contributed by atoms with E-state index in [1.54, 1.807) is 0 Å². The number of aliphatic hydroxyl groups is 1. The van der Waals surface area contributed by atoms with Gasteiger partial charge in [-0.3, -0.25) is 0 Å². The van der Waals surface area contributed by atoms with Crippen molar-refractivity contribution in [2.75, 3.05) is 0 Å². The van der Waals surface area contributed by atoms with Crippen LogP contribution in [-0.4, -0.2) is 11.2 Å². The molecule has 0 spiro atoms. The first-order valence-electron chi connectivity index (χ1n) is 3.95. The SMILES string of the molecule is C=C(CCC)C(C)C(C)O. The fourth-order valence-electron chi connectivity index (χ4n) is 0.890. The van der Waals surface area contributed by atoms with Crippen LogP contribution in [-0.2, 0) is 0 Å². The zero-order valence-corrected chi connectivity index (χ0v) is 7.22. The van der Waals surface area contributed by atoms with Crippen LogP contribution in [0.15, 0.2) is 12.2 Å². The van der Waals surface area contributed by atoms with E-state index in [9.17, 15) is 0 Å². The van der Waals surface area contributed by atoms with Gasteiger partial charge in [-0.05, 0) is 13.3 Å². The van der Waals surface area contributed by atoms with Crippen LogP contribution in [0.5, 0.6) is 0 Å². The largest absolute Gasteiger partial charge is 0.393 e. The van der Waals surface area contributed by atoms with Crippen molar-refractivity contribution in [3.63, 3.8) is 0 Å². The predicted molar refractivity (Wildman–Crippen MR) is 44.9 cm³/mol. The van der Waals surface area contributed by atoms with Gasteiger partial charge in [0.1, 0.15) is 0 Å². The summed E-state index contributed by atoms with van der Waals surface area (Å²) in [5.74, 6) is 0.250. The minimum atomic E-state index is -0.251. The monoisotopic (exact) mass is 142 g/mol. The molecule has 0 aromatic carbocycles. The van der Waals surface area contributed by atoms with Crippen molar-refractivity contribution >= 4 is 0 Å². The molecule has 2 unspecified atom stereocenters. The molecule has 0 saturated heterocycles. The fourth-order valence-corrected chi connectivity index (χ4v) is 0.890. The van der Waals surface area contributed by atoms with Gasteiger partial charge < -0.3 is 5.11 Å². The molecule has 0 aliphatic carbocycles. The standard InChI is InChI=1S/C9H18O/c1-5-6-7(2)8(3)9(4)10/h8-10H,2,5-6H2,1,3-4H3. The van der Waals surface area contributed by atoms with E-state index in [0.717, 1.165) is 18.4 Å². The van der Waals surface area contributed by atoms with Crippen molar-refractivity contribution in [3.05, 3.63) is 12.2 Å². The molecule has 0 aromatic heterocycles. The lowest BCUT2D eigenvalue weighted by Crippen LogP contribution is -2.14. The fraction of sp³-hybridized carbons (Fsp3) is 0.778. The Morgan fingerprint density at radius 1 is 1.50 bits per heavy atom. The minimum Gasteiger partial charge on any atom is -0.393 e. The highest BCUT2D eigenvalue weighted by molar-refractivity contribution is 5.00. The highest BCUT2D eigenvalue weighted by atomic mass is 16.3. The van der Waals surface area contributed by atoms with E-state index in [4.69, 9.17) is 5.11 Å². The first-order chi connectivity index (χ1) is 4.59. The molecule has 0 aliphatic heterocycles. The van der Waals surface area contributed by atoms with Crippen LogP contribution < -0.4 is 0 Å². The summed E-state index contributed by atoms with van der Waals surface area (Å²) in [5, 5.41) is 9.16. The number of rotatable bonds is 4. The van der Waals surface area contributed by atoms with Crippen LogP contribution in [0.1, 0.15) is 33.6 Å². The smallest absolute Gasteiger partial charge is 0.0574 e. The first kappa shape index (κ1) is 9.70. The van der Waals surface area contributed by atoms with Gasteiger partial charge in [-0.15, -0.1) is 0 Å². The summed E-state index contributed by atoms with van der Waals surface area (Å²) < 4.78 is 0. The van der Waals surface area contributed by atoms with Crippen LogP contribution >= 0.6 is 0 Å². The lowest BCUT2D eigenvalue weighted by molar-refractivity contribution is 0.150. The van der Waals surface area contributed by atoms with Gasteiger partial charge in [0.05, 0.1) is 6.10 Å². The Morgan fingerprint density at radius 3 is 2.30 bits per heavy atom. The molecule has 0 fully saturated rings. The van der Waals surface area contributed by atoms with E-state index < -0.39 is 0 Å². The Kier molecular flexibility index (Phi) is 4.37. The van der Waals surface area contributed by atoms with Gasteiger partial charge in [0.25, 0.3) is 0 Å². The van der Waals surface area contributed by atoms with Crippen molar-refractivity contribution in [3.8, 4) is 0 Å². The predicted octanol–water partition coefficient (Wildman–Crippen LogP) is 2.36. The number of aliphatic hydroxyl groups excluding tert-OH is 1. The summed E-state index contributed by atoms with van der Waals surface area (Å²) in [7, 11) is 0. The van der Waals surface area contributed by atoms with E-state index in [0.29, 0.717) is 0 Å². The van der Waals surface area contributed by atoms with Gasteiger partial charge in [0.15, 0.2) is 0 Å². The third-order valence-corrected chi connectivity index (χ3v) is 1.94. The average Bonchev–Trinajstić information content (AvgIpc) is 1.87. The number of hydrogen-bond acceptors (Lipinski definition) is 1. The lowest BCUT2D eigenvalue weighted by atomic mass is 9.94. The van der Waals surface area contributed by atoms with E-state index in [1.165, 1.54) is 0 Å². The van der Waals surface area contributed by atoms with Gasteiger partial charge >= 0.3 is 0 Å². The van der Waals surface area contributed by atoms with Gasteiger partial charge in [-0.25, -0.2) is 0 Å². The minimum absolute atomic E-state index is 0.250. The van der Waals surface area contributed by atoms with Gasteiger partial charge in [0, 0.05) is 5.92 Å².